The number of thiophene rings is 1. The van der Waals surface area contributed by atoms with Crippen LogP contribution in [0.5, 0.6) is 5.75 Å². The van der Waals surface area contributed by atoms with Crippen LogP contribution in [-0.4, -0.2) is 12.2 Å². The van der Waals surface area contributed by atoms with Crippen LogP contribution in [0.25, 0.3) is 0 Å². The molecule has 0 spiro atoms. The Hall–Kier alpha value is 0.0500. The molecule has 0 aliphatic heterocycles. The molecule has 2 nitrogen and oxygen atoms in total. The first-order valence-electron chi connectivity index (χ1n) is 5.09. The van der Waals surface area contributed by atoms with Gasteiger partial charge >= 0.3 is 0 Å². The van der Waals surface area contributed by atoms with Crippen molar-refractivity contribution in [3.63, 3.8) is 0 Å². The molecule has 0 aliphatic rings. The monoisotopic (exact) mass is 472 g/mol. The van der Waals surface area contributed by atoms with Gasteiger partial charge in [-0.25, -0.2) is 4.39 Å². The fourth-order valence-electron chi connectivity index (χ4n) is 1.59. The lowest BCUT2D eigenvalue weighted by atomic mass is 10.1. The maximum atomic E-state index is 13.5. The van der Waals surface area contributed by atoms with Gasteiger partial charge in [-0.1, -0.05) is 0 Å². The van der Waals surface area contributed by atoms with Crippen molar-refractivity contribution in [2.75, 3.05) is 7.11 Å². The highest BCUT2D eigenvalue weighted by molar-refractivity contribution is 9.13. The Morgan fingerprint density at radius 2 is 1.89 bits per heavy atom. The Bertz CT molecular complexity index is 596. The van der Waals surface area contributed by atoms with Crippen LogP contribution in [0.1, 0.15) is 16.5 Å². The average Bonchev–Trinajstić information content (AvgIpc) is 2.71. The van der Waals surface area contributed by atoms with Crippen molar-refractivity contribution in [2.45, 2.75) is 6.10 Å². The lowest BCUT2D eigenvalue weighted by molar-refractivity contribution is 0.218. The Labute approximate surface area is 139 Å². The second-order valence-corrected chi connectivity index (χ2v) is 7.79. The summed E-state index contributed by atoms with van der Waals surface area (Å²) in [6.07, 6.45) is -0.876. The van der Waals surface area contributed by atoms with Crippen molar-refractivity contribution in [3.8, 4) is 5.75 Å². The van der Waals surface area contributed by atoms with Crippen LogP contribution in [0, 0.1) is 5.82 Å². The molecule has 0 amide bonds. The van der Waals surface area contributed by atoms with E-state index in [1.165, 1.54) is 30.6 Å². The number of aliphatic hydroxyl groups excluding tert-OH is 1. The van der Waals surface area contributed by atoms with E-state index in [-0.39, 0.29) is 4.47 Å². The molecule has 0 aliphatic carbocycles. The molecule has 0 fully saturated rings. The van der Waals surface area contributed by atoms with E-state index in [1.54, 1.807) is 0 Å². The first kappa shape index (κ1) is 15.4. The summed E-state index contributed by atoms with van der Waals surface area (Å²) in [6.45, 7) is 0. The minimum Gasteiger partial charge on any atom is -0.496 e. The molecule has 2 rings (SSSR count). The van der Waals surface area contributed by atoms with Gasteiger partial charge in [0.2, 0.25) is 0 Å². The number of hydrogen-bond acceptors (Lipinski definition) is 3. The van der Waals surface area contributed by atoms with Crippen molar-refractivity contribution in [1.82, 2.24) is 0 Å². The van der Waals surface area contributed by atoms with Crippen LogP contribution in [0.15, 0.2) is 30.9 Å². The SMILES string of the molecule is COc1cc(F)c(Br)cc1C(O)c1cc(Br)c(Br)s1. The molecule has 0 bridgehead atoms. The summed E-state index contributed by atoms with van der Waals surface area (Å²) >= 11 is 11.3. The summed E-state index contributed by atoms with van der Waals surface area (Å²) in [4.78, 5) is 0.732. The van der Waals surface area contributed by atoms with Gasteiger partial charge in [0.15, 0.2) is 0 Å². The number of ether oxygens (including phenoxy) is 1. The van der Waals surface area contributed by atoms with E-state index in [4.69, 9.17) is 4.74 Å². The fourth-order valence-corrected chi connectivity index (χ4v) is 4.04. The normalized spacial score (nSPS) is 12.5. The number of halogens is 4. The summed E-state index contributed by atoms with van der Waals surface area (Å²) in [5, 5.41) is 10.4. The standard InChI is InChI=1S/C12H8Br3FO2S/c1-18-9-4-8(16)6(13)2-5(9)11(17)10-3-7(14)12(15)19-10/h2-4,11,17H,1H3. The number of hydrogen-bond donors (Lipinski definition) is 1. The topological polar surface area (TPSA) is 29.5 Å². The van der Waals surface area contributed by atoms with E-state index in [2.05, 4.69) is 47.8 Å². The summed E-state index contributed by atoms with van der Waals surface area (Å²) in [5.74, 6) is -0.116. The Morgan fingerprint density at radius 3 is 2.42 bits per heavy atom. The Kier molecular flexibility index (Phi) is 5.05. The average molecular weight is 475 g/mol. The molecule has 1 unspecified atom stereocenters. The molecule has 1 heterocycles. The molecular formula is C12H8Br3FO2S. The van der Waals surface area contributed by atoms with Crippen LogP contribution in [-0.2, 0) is 0 Å². The van der Waals surface area contributed by atoms with Gasteiger partial charge < -0.3 is 9.84 Å². The predicted octanol–water partition coefficient (Wildman–Crippen LogP) is 5.27. The van der Waals surface area contributed by atoms with Crippen LogP contribution in [0.3, 0.4) is 0 Å². The van der Waals surface area contributed by atoms with E-state index in [0.29, 0.717) is 11.3 Å². The molecule has 0 radical (unpaired) electrons. The van der Waals surface area contributed by atoms with Gasteiger partial charge in [0.25, 0.3) is 0 Å². The summed E-state index contributed by atoms with van der Waals surface area (Å²) in [6, 6.07) is 4.59. The molecule has 1 atom stereocenters. The van der Waals surface area contributed by atoms with Gasteiger partial charge in [0, 0.05) is 21.0 Å². The highest BCUT2D eigenvalue weighted by atomic mass is 79.9. The third kappa shape index (κ3) is 3.21. The Balaban J connectivity index is 2.48. The van der Waals surface area contributed by atoms with E-state index >= 15 is 0 Å². The van der Waals surface area contributed by atoms with Crippen LogP contribution < -0.4 is 4.74 Å². The van der Waals surface area contributed by atoms with E-state index in [9.17, 15) is 9.50 Å². The first-order chi connectivity index (χ1) is 8.93. The van der Waals surface area contributed by atoms with Crippen molar-refractivity contribution >= 4 is 59.1 Å². The van der Waals surface area contributed by atoms with Gasteiger partial charge in [0.05, 0.1) is 15.4 Å². The van der Waals surface area contributed by atoms with Crippen molar-refractivity contribution in [1.29, 1.82) is 0 Å². The third-order valence-electron chi connectivity index (χ3n) is 2.50. The number of benzene rings is 1. The molecular weight excluding hydrogens is 467 g/mol. The number of methoxy groups -OCH3 is 1. The lowest BCUT2D eigenvalue weighted by Gasteiger charge is -2.14. The van der Waals surface area contributed by atoms with E-state index in [1.807, 2.05) is 6.07 Å². The fraction of sp³-hybridized carbons (Fsp3) is 0.167. The zero-order chi connectivity index (χ0) is 14.2. The molecule has 2 aromatic rings. The van der Waals surface area contributed by atoms with Crippen molar-refractivity contribution in [2.24, 2.45) is 0 Å². The molecule has 102 valence electrons. The highest BCUT2D eigenvalue weighted by Gasteiger charge is 2.20. The second-order valence-electron chi connectivity index (χ2n) is 3.68. The third-order valence-corrected chi connectivity index (χ3v) is 6.42. The minimum absolute atomic E-state index is 0.289. The molecule has 19 heavy (non-hydrogen) atoms. The molecule has 0 saturated heterocycles. The predicted molar refractivity (Wildman–Crippen MR) is 84.4 cm³/mol. The molecule has 0 saturated carbocycles. The van der Waals surface area contributed by atoms with E-state index in [0.717, 1.165) is 13.1 Å². The van der Waals surface area contributed by atoms with E-state index < -0.39 is 11.9 Å². The summed E-state index contributed by atoms with van der Waals surface area (Å²) < 4.78 is 20.6. The minimum atomic E-state index is -0.876. The summed E-state index contributed by atoms with van der Waals surface area (Å²) in [7, 11) is 1.44. The van der Waals surface area contributed by atoms with Gasteiger partial charge in [-0.2, -0.15) is 0 Å². The first-order valence-corrected chi connectivity index (χ1v) is 8.29. The highest BCUT2D eigenvalue weighted by Crippen LogP contribution is 2.40. The van der Waals surface area contributed by atoms with Crippen LogP contribution in [0.2, 0.25) is 0 Å². The quantitative estimate of drug-likeness (QED) is 0.657. The van der Waals surface area contributed by atoms with Crippen LogP contribution in [0.4, 0.5) is 4.39 Å². The smallest absolute Gasteiger partial charge is 0.141 e. The van der Waals surface area contributed by atoms with Crippen molar-refractivity contribution < 1.29 is 14.2 Å². The maximum absolute atomic E-state index is 13.5. The second kappa shape index (κ2) is 6.22. The maximum Gasteiger partial charge on any atom is 0.141 e. The molecule has 1 N–H and O–H groups in total. The number of rotatable bonds is 3. The van der Waals surface area contributed by atoms with Crippen molar-refractivity contribution in [3.05, 3.63) is 47.2 Å². The van der Waals surface area contributed by atoms with Gasteiger partial charge in [0.1, 0.15) is 17.7 Å². The molecule has 7 heteroatoms. The van der Waals surface area contributed by atoms with Gasteiger partial charge in [-0.05, 0) is 59.9 Å². The summed E-state index contributed by atoms with van der Waals surface area (Å²) in [5.41, 5.74) is 0.511. The lowest BCUT2D eigenvalue weighted by Crippen LogP contribution is -2.01. The van der Waals surface area contributed by atoms with Gasteiger partial charge in [-0.3, -0.25) is 0 Å². The van der Waals surface area contributed by atoms with Crippen LogP contribution >= 0.6 is 59.1 Å². The molecule has 1 aromatic carbocycles. The zero-order valence-electron chi connectivity index (χ0n) is 9.58. The van der Waals surface area contributed by atoms with Gasteiger partial charge in [-0.15, -0.1) is 11.3 Å². The zero-order valence-corrected chi connectivity index (χ0v) is 15.2. The Morgan fingerprint density at radius 1 is 1.21 bits per heavy atom. The molecule has 1 aromatic heterocycles. The largest absolute Gasteiger partial charge is 0.496 e. The number of aliphatic hydroxyl groups is 1.